The van der Waals surface area contributed by atoms with E-state index in [0.29, 0.717) is 12.5 Å². The highest BCUT2D eigenvalue weighted by Gasteiger charge is 2.09. The van der Waals surface area contributed by atoms with Gasteiger partial charge in [0.15, 0.2) is 0 Å². The molecule has 0 bridgehead atoms. The van der Waals surface area contributed by atoms with Gasteiger partial charge in [0.1, 0.15) is 0 Å². The van der Waals surface area contributed by atoms with Crippen LogP contribution in [0.25, 0.3) is 0 Å². The van der Waals surface area contributed by atoms with Crippen molar-refractivity contribution in [1.29, 1.82) is 0 Å². The number of alkyl halides is 1. The van der Waals surface area contributed by atoms with Crippen molar-refractivity contribution in [1.82, 2.24) is 9.78 Å². The van der Waals surface area contributed by atoms with Crippen molar-refractivity contribution in [2.75, 3.05) is 13.2 Å². The van der Waals surface area contributed by atoms with Crippen LogP contribution in [-0.2, 0) is 17.2 Å². The Labute approximate surface area is 90.0 Å². The second-order valence-corrected chi connectivity index (χ2v) is 3.47. The molecule has 0 unspecified atom stereocenters. The number of halogens is 1. The third kappa shape index (κ3) is 2.49. The summed E-state index contributed by atoms with van der Waals surface area (Å²) in [4.78, 5) is 0. The van der Waals surface area contributed by atoms with E-state index in [1.807, 2.05) is 25.5 Å². The number of aromatic nitrogens is 2. The van der Waals surface area contributed by atoms with Gasteiger partial charge in [-0.05, 0) is 20.8 Å². The zero-order valence-corrected chi connectivity index (χ0v) is 9.76. The minimum atomic E-state index is 0.534. The zero-order chi connectivity index (χ0) is 10.6. The molecule has 80 valence electrons. The Morgan fingerprint density at radius 3 is 2.64 bits per heavy atom. The molecule has 0 N–H and O–H groups in total. The van der Waals surface area contributed by atoms with E-state index in [9.17, 15) is 0 Å². The minimum Gasteiger partial charge on any atom is -0.380 e. The Balaban J connectivity index is 2.68. The van der Waals surface area contributed by atoms with Gasteiger partial charge in [-0.2, -0.15) is 5.10 Å². The van der Waals surface area contributed by atoms with Crippen LogP contribution >= 0.6 is 11.6 Å². The Morgan fingerprint density at radius 2 is 2.14 bits per heavy atom. The van der Waals surface area contributed by atoms with Crippen molar-refractivity contribution < 1.29 is 4.74 Å². The fourth-order valence-corrected chi connectivity index (χ4v) is 1.83. The molecule has 0 saturated carbocycles. The molecule has 0 saturated heterocycles. The summed E-state index contributed by atoms with van der Waals surface area (Å²) in [6, 6.07) is 0. The Morgan fingerprint density at radius 1 is 1.43 bits per heavy atom. The van der Waals surface area contributed by atoms with Gasteiger partial charge in [-0.25, -0.2) is 0 Å². The lowest BCUT2D eigenvalue weighted by Gasteiger charge is -2.04. The van der Waals surface area contributed by atoms with Crippen LogP contribution < -0.4 is 0 Å². The lowest BCUT2D eigenvalue weighted by molar-refractivity contribution is 0.135. The highest BCUT2D eigenvalue weighted by Crippen LogP contribution is 2.14. The third-order valence-corrected chi connectivity index (χ3v) is 2.58. The summed E-state index contributed by atoms with van der Waals surface area (Å²) in [6.07, 6.45) is 0. The smallest absolute Gasteiger partial charge is 0.0662 e. The summed E-state index contributed by atoms with van der Waals surface area (Å²) in [6.45, 7) is 8.29. The van der Waals surface area contributed by atoms with Crippen molar-refractivity contribution in [3.8, 4) is 0 Å². The molecule has 0 atom stereocenters. The van der Waals surface area contributed by atoms with Gasteiger partial charge >= 0.3 is 0 Å². The van der Waals surface area contributed by atoms with E-state index < -0.39 is 0 Å². The topological polar surface area (TPSA) is 27.1 Å². The van der Waals surface area contributed by atoms with Gasteiger partial charge in [-0.15, -0.1) is 11.6 Å². The summed E-state index contributed by atoms with van der Waals surface area (Å²) < 4.78 is 7.24. The van der Waals surface area contributed by atoms with Crippen LogP contribution in [0.5, 0.6) is 0 Å². The lowest BCUT2D eigenvalue weighted by Crippen LogP contribution is -2.09. The van der Waals surface area contributed by atoms with Crippen LogP contribution in [-0.4, -0.2) is 23.0 Å². The van der Waals surface area contributed by atoms with Gasteiger partial charge in [0.05, 0.1) is 24.7 Å². The molecule has 1 aromatic rings. The highest BCUT2D eigenvalue weighted by atomic mass is 35.5. The van der Waals surface area contributed by atoms with E-state index in [-0.39, 0.29) is 0 Å². The molecule has 0 aliphatic rings. The second kappa shape index (κ2) is 5.37. The first-order valence-electron chi connectivity index (χ1n) is 4.87. The van der Waals surface area contributed by atoms with Gasteiger partial charge in [0, 0.05) is 17.9 Å². The van der Waals surface area contributed by atoms with Crippen LogP contribution in [0.4, 0.5) is 0 Å². The van der Waals surface area contributed by atoms with Crippen LogP contribution in [0.1, 0.15) is 23.9 Å². The summed E-state index contributed by atoms with van der Waals surface area (Å²) in [5.41, 5.74) is 3.31. The molecule has 0 radical (unpaired) electrons. The van der Waals surface area contributed by atoms with Crippen LogP contribution in [0.2, 0.25) is 0 Å². The summed E-state index contributed by atoms with van der Waals surface area (Å²) >= 11 is 5.83. The molecular formula is C10H17ClN2O. The van der Waals surface area contributed by atoms with Crippen LogP contribution in [0.15, 0.2) is 0 Å². The monoisotopic (exact) mass is 216 g/mol. The maximum absolute atomic E-state index is 5.83. The zero-order valence-electron chi connectivity index (χ0n) is 9.01. The van der Waals surface area contributed by atoms with E-state index in [4.69, 9.17) is 16.3 Å². The predicted molar refractivity (Wildman–Crippen MR) is 57.8 cm³/mol. The third-order valence-electron chi connectivity index (χ3n) is 2.32. The molecule has 0 spiro atoms. The SMILES string of the molecule is CCOCCn1nc(C)c(CCl)c1C. The average Bonchev–Trinajstić information content (AvgIpc) is 2.42. The van der Waals surface area contributed by atoms with E-state index in [1.54, 1.807) is 0 Å². The molecule has 0 aromatic carbocycles. The maximum atomic E-state index is 5.83. The molecule has 0 aliphatic heterocycles. The number of rotatable bonds is 5. The normalized spacial score (nSPS) is 10.9. The van der Waals surface area contributed by atoms with Gasteiger partial charge in [0.2, 0.25) is 0 Å². The summed E-state index contributed by atoms with van der Waals surface area (Å²) in [5.74, 6) is 0.534. The lowest BCUT2D eigenvalue weighted by atomic mass is 10.2. The molecule has 1 aromatic heterocycles. The van der Waals surface area contributed by atoms with E-state index in [2.05, 4.69) is 5.10 Å². The Bertz CT molecular complexity index is 297. The number of nitrogens with zero attached hydrogens (tertiary/aromatic N) is 2. The van der Waals surface area contributed by atoms with Crippen molar-refractivity contribution in [3.05, 3.63) is 17.0 Å². The van der Waals surface area contributed by atoms with Crippen molar-refractivity contribution in [3.63, 3.8) is 0 Å². The number of ether oxygens (including phenoxy) is 1. The maximum Gasteiger partial charge on any atom is 0.0662 e. The largest absolute Gasteiger partial charge is 0.380 e. The fraction of sp³-hybridized carbons (Fsp3) is 0.700. The van der Waals surface area contributed by atoms with Crippen molar-refractivity contribution >= 4 is 11.6 Å². The first kappa shape index (κ1) is 11.5. The molecular weight excluding hydrogens is 200 g/mol. The standard InChI is InChI=1S/C10H17ClN2O/c1-4-14-6-5-13-9(3)10(7-11)8(2)12-13/h4-7H2,1-3H3. The number of hydrogen-bond donors (Lipinski definition) is 0. The van der Waals surface area contributed by atoms with Gasteiger partial charge in [0.25, 0.3) is 0 Å². The number of hydrogen-bond acceptors (Lipinski definition) is 2. The first-order valence-corrected chi connectivity index (χ1v) is 5.40. The Hall–Kier alpha value is -0.540. The van der Waals surface area contributed by atoms with E-state index in [0.717, 1.165) is 30.1 Å². The first-order chi connectivity index (χ1) is 6.70. The summed E-state index contributed by atoms with van der Waals surface area (Å²) in [5, 5.41) is 4.41. The Kier molecular flexibility index (Phi) is 4.42. The molecule has 1 heterocycles. The van der Waals surface area contributed by atoms with Crippen LogP contribution in [0.3, 0.4) is 0 Å². The molecule has 0 fully saturated rings. The highest BCUT2D eigenvalue weighted by molar-refractivity contribution is 6.17. The quantitative estimate of drug-likeness (QED) is 0.558. The van der Waals surface area contributed by atoms with Gasteiger partial charge < -0.3 is 4.74 Å². The van der Waals surface area contributed by atoms with Crippen molar-refractivity contribution in [2.45, 2.75) is 33.2 Å². The molecule has 3 nitrogen and oxygen atoms in total. The molecule has 1 rings (SSSR count). The minimum absolute atomic E-state index is 0.534. The number of aryl methyl sites for hydroxylation is 1. The molecule has 0 aliphatic carbocycles. The molecule has 14 heavy (non-hydrogen) atoms. The second-order valence-electron chi connectivity index (χ2n) is 3.20. The summed E-state index contributed by atoms with van der Waals surface area (Å²) in [7, 11) is 0. The molecule has 0 amide bonds. The van der Waals surface area contributed by atoms with Crippen LogP contribution in [0, 0.1) is 13.8 Å². The van der Waals surface area contributed by atoms with Gasteiger partial charge in [-0.1, -0.05) is 0 Å². The predicted octanol–water partition coefficient (Wildman–Crippen LogP) is 2.28. The molecule has 4 heteroatoms. The van der Waals surface area contributed by atoms with E-state index in [1.165, 1.54) is 0 Å². The average molecular weight is 217 g/mol. The van der Waals surface area contributed by atoms with Gasteiger partial charge in [-0.3, -0.25) is 4.68 Å². The fourth-order valence-electron chi connectivity index (χ4n) is 1.44. The van der Waals surface area contributed by atoms with E-state index >= 15 is 0 Å². The van der Waals surface area contributed by atoms with Crippen molar-refractivity contribution in [2.24, 2.45) is 0 Å².